The monoisotopic (exact) mass is 756 g/mol. The number of hydrogen-bond acceptors (Lipinski definition) is 0. The normalized spacial score (nSPS) is 19.5. The van der Waals surface area contributed by atoms with Crippen molar-refractivity contribution >= 4 is 65.4 Å². The Labute approximate surface area is 373 Å². The smallest absolute Gasteiger partial charge is 0.0782 e. The van der Waals surface area contributed by atoms with E-state index in [2.05, 4.69) is 0 Å². The van der Waals surface area contributed by atoms with Gasteiger partial charge in [-0.15, -0.1) is 0 Å². The van der Waals surface area contributed by atoms with Gasteiger partial charge in [0.2, 0.25) is 0 Å². The first-order chi connectivity index (χ1) is 41.2. The third-order valence-electron chi connectivity index (χ3n) is 9.59. The van der Waals surface area contributed by atoms with Gasteiger partial charge in [-0.2, -0.15) is 0 Å². The highest BCUT2D eigenvalue weighted by molar-refractivity contribution is 6.16. The van der Waals surface area contributed by atoms with Crippen LogP contribution in [0.4, 0.5) is 0 Å². The molecule has 3 nitrogen and oxygen atoms in total. The molecule has 0 bridgehead atoms. The lowest BCUT2D eigenvalue weighted by atomic mass is 9.99. The highest BCUT2D eigenvalue weighted by atomic mass is 15.1. The van der Waals surface area contributed by atoms with Crippen molar-refractivity contribution in [2.75, 3.05) is 0 Å². The number of hydrogen-bond donors (Lipinski definition) is 0. The van der Waals surface area contributed by atoms with E-state index in [4.69, 9.17) is 24.7 Å². The molecule has 57 heavy (non-hydrogen) atoms. The van der Waals surface area contributed by atoms with Crippen molar-refractivity contribution in [3.8, 4) is 39.3 Å². The Bertz CT molecular complexity index is 5240. The maximum absolute atomic E-state index is 10.3. The number of nitrogens with zero attached hydrogens (tertiary/aromatic N) is 3. The van der Waals surface area contributed by atoms with Crippen LogP contribution in [0.5, 0.6) is 0 Å². The van der Waals surface area contributed by atoms with E-state index < -0.39 is 281 Å². The van der Waals surface area contributed by atoms with E-state index in [1.165, 1.54) is 24.3 Å². The van der Waals surface area contributed by atoms with Gasteiger partial charge in [0, 0.05) is 43.7 Å². The predicted molar refractivity (Wildman–Crippen MR) is 240 cm³/mol. The topological polar surface area (TPSA) is 14.8 Å². The summed E-state index contributed by atoms with van der Waals surface area (Å²) in [6.45, 7) is 0. The molecule has 0 aliphatic carbocycles. The van der Waals surface area contributed by atoms with E-state index in [0.717, 1.165) is 13.7 Å². The van der Waals surface area contributed by atoms with Gasteiger partial charge in [-0.25, -0.2) is 0 Å². The van der Waals surface area contributed by atoms with Crippen molar-refractivity contribution in [1.82, 2.24) is 13.7 Å². The Balaban J connectivity index is 1.28. The van der Waals surface area contributed by atoms with E-state index in [0.29, 0.717) is 0 Å². The van der Waals surface area contributed by atoms with Gasteiger partial charge in [0.15, 0.2) is 0 Å². The quantitative estimate of drug-likeness (QED) is 0.166. The molecule has 266 valence electrons. The van der Waals surface area contributed by atoms with Gasteiger partial charge < -0.3 is 13.7 Å². The molecule has 3 heterocycles. The van der Waals surface area contributed by atoms with E-state index >= 15 is 0 Å². The summed E-state index contributed by atoms with van der Waals surface area (Å²) >= 11 is 0. The molecule has 9 aromatic carbocycles. The van der Waals surface area contributed by atoms with E-state index in [9.17, 15) is 17.8 Å². The first kappa shape index (κ1) is 13.8. The highest BCUT2D eigenvalue weighted by Crippen LogP contribution is 2.41. The second-order valence-electron chi connectivity index (χ2n) is 12.6. The number of benzene rings is 9. The summed E-state index contributed by atoms with van der Waals surface area (Å²) in [5, 5.41) is -3.29. The van der Waals surface area contributed by atoms with Gasteiger partial charge in [-0.05, 0) is 88.8 Å². The van der Waals surface area contributed by atoms with Gasteiger partial charge in [0.1, 0.15) is 0 Å². The van der Waals surface area contributed by atoms with Crippen molar-refractivity contribution < 1.29 is 42.5 Å². The van der Waals surface area contributed by atoms with Crippen molar-refractivity contribution in [3.05, 3.63) is 212 Å². The van der Waals surface area contributed by atoms with Crippen LogP contribution in [0.2, 0.25) is 0 Å². The van der Waals surface area contributed by atoms with Crippen LogP contribution in [-0.4, -0.2) is 13.7 Å². The molecule has 0 unspecified atom stereocenters. The molecule has 0 saturated heterocycles. The van der Waals surface area contributed by atoms with Crippen LogP contribution in [0.1, 0.15) is 42.5 Å². The lowest BCUT2D eigenvalue weighted by Gasteiger charge is -2.15. The standard InChI is InChI=1S/C54H35N3/c1-2-15-36(16-3-1)37-17-12-18-38(33-37)39-19-13-20-40(34-39)55-48-26-8-7-24-45(48)47-35-41(31-32-52(47)55)56-49-27-9-6-23-44(49)46-25-14-30-53(54(46)56)57-50-28-10-4-21-42(50)43-22-5-11-29-51(43)57/h1-35H/i1D,2D,3D,4D,5D,6D,7D,8D,9D,10D,11D,12D,14D,15D,16D,17D,18D,21D,22D,23D,24D,25D,26D,27D,28D,29D,30D,31D,32D,33D,35D. The van der Waals surface area contributed by atoms with Gasteiger partial charge in [0.25, 0.3) is 0 Å². The largest absolute Gasteiger partial charge is 0.309 e. The Hall–Kier alpha value is -7.62. The number of para-hydroxylation sites is 5. The zero-order valence-electron chi connectivity index (χ0n) is 59.7. The lowest BCUT2D eigenvalue weighted by Crippen LogP contribution is -2.01. The van der Waals surface area contributed by atoms with Crippen LogP contribution in [0.25, 0.3) is 105 Å². The Morgan fingerprint density at radius 3 is 1.53 bits per heavy atom. The van der Waals surface area contributed by atoms with Gasteiger partial charge >= 0.3 is 0 Å². The summed E-state index contributed by atoms with van der Waals surface area (Å²) in [7, 11) is 0. The number of fused-ring (bicyclic) bond motifs is 9. The molecular formula is C54H35N3. The Morgan fingerprint density at radius 1 is 0.316 bits per heavy atom. The number of aromatic nitrogens is 3. The summed E-state index contributed by atoms with van der Waals surface area (Å²) in [5.74, 6) is 0. The van der Waals surface area contributed by atoms with Crippen LogP contribution in [0, 0.1) is 0 Å². The molecule has 12 aromatic rings. The third-order valence-corrected chi connectivity index (χ3v) is 9.59. The van der Waals surface area contributed by atoms with Gasteiger partial charge in [0.05, 0.1) is 81.3 Å². The first-order valence-electron chi connectivity index (χ1n) is 32.6. The minimum atomic E-state index is -1.03. The average molecular weight is 757 g/mol. The second-order valence-corrected chi connectivity index (χ2v) is 12.6. The molecule has 0 aliphatic heterocycles. The van der Waals surface area contributed by atoms with Crippen LogP contribution < -0.4 is 0 Å². The molecular weight excluding hydrogens is 691 g/mol. The van der Waals surface area contributed by atoms with E-state index in [1.807, 2.05) is 0 Å². The van der Waals surface area contributed by atoms with E-state index in [-0.39, 0.29) is 11.3 Å². The second kappa shape index (κ2) is 12.5. The maximum Gasteiger partial charge on any atom is 0.0782 e. The fourth-order valence-electron chi connectivity index (χ4n) is 7.25. The minimum absolute atomic E-state index is 0.135. The maximum atomic E-state index is 10.3. The lowest BCUT2D eigenvalue weighted by molar-refractivity contribution is 1.13. The van der Waals surface area contributed by atoms with Crippen LogP contribution in [-0.2, 0) is 0 Å². The molecule has 3 heteroatoms. The van der Waals surface area contributed by atoms with Crippen LogP contribution in [0.15, 0.2) is 212 Å². The van der Waals surface area contributed by atoms with Crippen molar-refractivity contribution in [1.29, 1.82) is 0 Å². The zero-order chi connectivity index (χ0) is 64.4. The summed E-state index contributed by atoms with van der Waals surface area (Å²) in [5.41, 5.74) is -7.18. The van der Waals surface area contributed by atoms with Gasteiger partial charge in [-0.1, -0.05) is 145 Å². The fraction of sp³-hybridized carbons (Fsp3) is 0. The fourth-order valence-corrected chi connectivity index (χ4v) is 7.25. The molecule has 0 amide bonds. The molecule has 3 aromatic heterocycles. The predicted octanol–water partition coefficient (Wildman–Crippen LogP) is 14.3. The first-order valence-corrected chi connectivity index (χ1v) is 17.1. The van der Waals surface area contributed by atoms with Crippen molar-refractivity contribution in [3.63, 3.8) is 0 Å². The van der Waals surface area contributed by atoms with Crippen LogP contribution in [0.3, 0.4) is 0 Å². The van der Waals surface area contributed by atoms with Crippen molar-refractivity contribution in [2.45, 2.75) is 0 Å². The van der Waals surface area contributed by atoms with Crippen LogP contribution >= 0.6 is 0 Å². The van der Waals surface area contributed by atoms with Crippen molar-refractivity contribution in [2.24, 2.45) is 0 Å². The third kappa shape index (κ3) is 4.79. The molecule has 0 aliphatic rings. The molecule has 0 atom stereocenters. The average Bonchev–Trinajstić information content (AvgIpc) is 1.52. The summed E-state index contributed by atoms with van der Waals surface area (Å²) in [4.78, 5) is 0. The summed E-state index contributed by atoms with van der Waals surface area (Å²) in [6, 6.07) is -21.8. The summed E-state index contributed by atoms with van der Waals surface area (Å²) < 4.78 is 285. The Morgan fingerprint density at radius 2 is 0.825 bits per heavy atom. The highest BCUT2D eigenvalue weighted by Gasteiger charge is 2.21. The Kier molecular flexibility index (Phi) is 3.02. The summed E-state index contributed by atoms with van der Waals surface area (Å²) in [6.07, 6.45) is 0. The molecule has 0 radical (unpaired) electrons. The number of rotatable bonds is 5. The molecule has 0 N–H and O–H groups in total. The molecule has 0 fully saturated rings. The van der Waals surface area contributed by atoms with E-state index in [1.54, 1.807) is 0 Å². The zero-order valence-corrected chi connectivity index (χ0v) is 28.7. The minimum Gasteiger partial charge on any atom is -0.309 e. The molecule has 0 spiro atoms. The molecule has 0 saturated carbocycles. The SMILES string of the molecule is [2H]c1c([2H])c([2H])c(-c2c([2H])c([2H])c([2H])c(-c3cccc(-n4c5c([2H])c([2H])c([2H])c([2H])c5c5c([2H])c(-n6c7c([2H])c([2H])c([2H])c([2H])c7c7c([2H])c([2H])c([2H])c(-n8c9c([2H])c([2H])c([2H])c([2H])c9c9c([2H])c([2H])c([2H])c([2H])c98)c76)c([2H])c([2H])c54)c3)c2[2H])c([2H])c1[2H]. The van der Waals surface area contributed by atoms with Gasteiger partial charge in [-0.3, -0.25) is 0 Å². The molecule has 12 rings (SSSR count).